The van der Waals surface area contributed by atoms with Crippen molar-refractivity contribution in [3.8, 4) is 5.75 Å². The molecular formula is C45H69N13O13. The second kappa shape index (κ2) is 28.3. The molecule has 9 atom stereocenters. The molecule has 1 saturated heterocycles. The van der Waals surface area contributed by atoms with E-state index in [9.17, 15) is 58.5 Å². The first kappa shape index (κ1) is 58.0. The van der Waals surface area contributed by atoms with Crippen molar-refractivity contribution in [2.24, 2.45) is 34.0 Å². The molecule has 71 heavy (non-hydrogen) atoms. The fraction of sp³-hybridized carbons (Fsp3) is 0.578. The summed E-state index contributed by atoms with van der Waals surface area (Å²) in [5.41, 5.74) is 17.5. The van der Waals surface area contributed by atoms with Crippen LogP contribution in [-0.4, -0.2) is 163 Å². The molecule has 0 bridgehead atoms. The predicted molar refractivity (Wildman–Crippen MR) is 254 cm³/mol. The van der Waals surface area contributed by atoms with E-state index in [2.05, 4.69) is 46.9 Å². The van der Waals surface area contributed by atoms with Gasteiger partial charge in [0.1, 0.15) is 48.0 Å². The number of amides is 7. The van der Waals surface area contributed by atoms with Crippen LogP contribution in [0.4, 0.5) is 0 Å². The lowest BCUT2D eigenvalue weighted by Gasteiger charge is -2.32. The number of nitrogens with two attached hydrogens (primary N) is 3. The van der Waals surface area contributed by atoms with Crippen LogP contribution in [0.15, 0.2) is 41.8 Å². The molecule has 17 N–H and O–H groups in total. The number of carbonyl (C=O) groups excluding carboxylic acids is 7. The number of benzene rings is 1. The number of aliphatic hydroxyl groups excluding tert-OH is 1. The van der Waals surface area contributed by atoms with Gasteiger partial charge in [-0.25, -0.2) is 9.78 Å². The number of aromatic hydroxyl groups is 1. The number of aromatic amines is 1. The number of imidazole rings is 1. The minimum Gasteiger partial charge on any atom is -0.508 e. The number of aromatic nitrogens is 2. The molecule has 2 aromatic rings. The van der Waals surface area contributed by atoms with Gasteiger partial charge in [0.05, 0.1) is 18.8 Å². The van der Waals surface area contributed by atoms with Crippen molar-refractivity contribution < 1.29 is 63.6 Å². The van der Waals surface area contributed by atoms with Gasteiger partial charge < -0.3 is 79.4 Å². The van der Waals surface area contributed by atoms with Crippen LogP contribution in [0.25, 0.3) is 0 Å². The van der Waals surface area contributed by atoms with E-state index in [1.165, 1.54) is 41.7 Å². The molecule has 392 valence electrons. The molecule has 0 aliphatic carbocycles. The Hall–Kier alpha value is -7.35. The van der Waals surface area contributed by atoms with Crippen LogP contribution in [0, 0.1) is 11.8 Å². The monoisotopic (exact) mass is 1000 g/mol. The van der Waals surface area contributed by atoms with Crippen molar-refractivity contribution in [3.05, 3.63) is 48.0 Å². The van der Waals surface area contributed by atoms with Gasteiger partial charge in [-0.1, -0.05) is 46.2 Å². The third kappa shape index (κ3) is 18.5. The molecule has 2 heterocycles. The number of nitrogens with zero attached hydrogens (tertiary/aromatic N) is 3. The Balaban J connectivity index is 1.93. The average molecular weight is 1000 g/mol. The van der Waals surface area contributed by atoms with Gasteiger partial charge in [-0.05, 0) is 55.2 Å². The molecule has 0 radical (unpaired) electrons. The van der Waals surface area contributed by atoms with Gasteiger partial charge in [0, 0.05) is 50.8 Å². The SMILES string of the molecule is CC[C@H](C)[C@H](NC(=O)[C@H](Cc1ccc(O)cc1)NC(=O)[C@@H](NC(=O)[C@H](CCCN=C(N)N)NC(=O)[C@@H](N)CC(=O)O)C(C)C)C(=O)N[C@@H](Cc1cnc[nH]1)C(=O)N1CCC[C@@H]1C(=O)N[C@@H](CCO)C(=O)O. The van der Waals surface area contributed by atoms with Gasteiger partial charge in [0.15, 0.2) is 5.96 Å². The van der Waals surface area contributed by atoms with Gasteiger partial charge in [-0.3, -0.25) is 43.3 Å². The quantitative estimate of drug-likeness (QED) is 0.0217. The summed E-state index contributed by atoms with van der Waals surface area (Å²) in [5, 5.41) is 53.6. The minimum atomic E-state index is -1.51. The lowest BCUT2D eigenvalue weighted by Crippen LogP contribution is -2.62. The van der Waals surface area contributed by atoms with Crippen LogP contribution in [0.1, 0.15) is 83.9 Å². The summed E-state index contributed by atoms with van der Waals surface area (Å²) in [5.74, 6) is -9.94. The number of phenolic OH excluding ortho intramolecular Hbond substituents is 1. The number of H-pyrrole nitrogens is 1. The molecule has 1 aliphatic heterocycles. The minimum absolute atomic E-state index is 0.0586. The summed E-state index contributed by atoms with van der Waals surface area (Å²) in [6.45, 7) is 6.31. The molecule has 1 aromatic carbocycles. The van der Waals surface area contributed by atoms with Gasteiger partial charge in [-0.15, -0.1) is 0 Å². The summed E-state index contributed by atoms with van der Waals surface area (Å²) in [7, 11) is 0. The summed E-state index contributed by atoms with van der Waals surface area (Å²) >= 11 is 0. The molecule has 1 aliphatic rings. The molecule has 1 aromatic heterocycles. The predicted octanol–water partition coefficient (Wildman–Crippen LogP) is -3.18. The maximum Gasteiger partial charge on any atom is 0.326 e. The lowest BCUT2D eigenvalue weighted by molar-refractivity contribution is -0.145. The highest BCUT2D eigenvalue weighted by atomic mass is 16.4. The van der Waals surface area contributed by atoms with Crippen molar-refractivity contribution in [1.29, 1.82) is 0 Å². The number of aliphatic hydroxyl groups is 1. The number of aliphatic imine (C=N–C) groups is 1. The zero-order chi connectivity index (χ0) is 52.9. The molecular weight excluding hydrogens is 931 g/mol. The number of carboxylic acid groups (broad SMARTS) is 2. The number of nitrogens with one attached hydrogen (secondary N) is 7. The number of likely N-dealkylation sites (tertiary alicyclic amines) is 1. The van der Waals surface area contributed by atoms with Gasteiger partial charge >= 0.3 is 11.9 Å². The Bertz CT molecular complexity index is 2170. The molecule has 0 spiro atoms. The number of hydrogen-bond donors (Lipinski definition) is 14. The Morgan fingerprint density at radius 3 is 2.00 bits per heavy atom. The van der Waals surface area contributed by atoms with Crippen LogP contribution >= 0.6 is 0 Å². The number of carboxylic acids is 2. The third-order valence-corrected chi connectivity index (χ3v) is 11.8. The van der Waals surface area contributed by atoms with Gasteiger partial charge in [0.25, 0.3) is 0 Å². The number of rotatable bonds is 29. The number of guanidine groups is 1. The fourth-order valence-corrected chi connectivity index (χ4v) is 7.65. The van der Waals surface area contributed by atoms with E-state index < -0.39 is 126 Å². The lowest BCUT2D eigenvalue weighted by atomic mass is 9.96. The zero-order valence-electron chi connectivity index (χ0n) is 40.3. The Morgan fingerprint density at radius 2 is 1.42 bits per heavy atom. The molecule has 26 nitrogen and oxygen atoms in total. The standard InChI is InChI=1S/C45H69N13O13/c1-5-24(4)36(42(68)55-32(19-26-21-49-22-51-26)43(69)58-16-7-9-33(58)40(66)53-30(14-17-59)44(70)71)57-39(65)31(18-25-10-12-27(60)13-11-25)54-41(67)35(23(2)3)56-38(64)29(8-6-15-50-45(47)48)52-37(63)28(46)20-34(61)62/h10-13,21-24,28-33,35-36,59-60H,5-9,14-20,46H2,1-4H3,(H,49,51)(H,52,63)(H,53,66)(H,54,67)(H,55,68)(H,56,64)(H,57,65)(H,61,62)(H,70,71)(H4,47,48,50)/t24-,28-,29-,30-,31-,32-,33+,35-,36-/m0/s1. The second-order valence-electron chi connectivity index (χ2n) is 17.7. The van der Waals surface area contributed by atoms with E-state index in [1.54, 1.807) is 27.7 Å². The number of hydrogen-bond acceptors (Lipinski definition) is 14. The van der Waals surface area contributed by atoms with Crippen molar-refractivity contribution in [3.63, 3.8) is 0 Å². The van der Waals surface area contributed by atoms with Crippen molar-refractivity contribution >= 4 is 59.2 Å². The van der Waals surface area contributed by atoms with Crippen molar-refractivity contribution in [1.82, 2.24) is 46.8 Å². The van der Waals surface area contributed by atoms with Crippen LogP contribution in [0.2, 0.25) is 0 Å². The molecule has 26 heteroatoms. The van der Waals surface area contributed by atoms with Crippen LogP contribution < -0.4 is 49.1 Å². The Morgan fingerprint density at radius 1 is 0.803 bits per heavy atom. The highest BCUT2D eigenvalue weighted by molar-refractivity contribution is 5.98. The summed E-state index contributed by atoms with van der Waals surface area (Å²) in [6, 6.07) is -5.02. The van der Waals surface area contributed by atoms with Crippen molar-refractivity contribution in [2.75, 3.05) is 19.7 Å². The molecule has 0 unspecified atom stereocenters. The molecule has 3 rings (SSSR count). The first-order chi connectivity index (χ1) is 33.6. The highest BCUT2D eigenvalue weighted by Crippen LogP contribution is 2.21. The topological polar surface area (TPSA) is 429 Å². The first-order valence-electron chi connectivity index (χ1n) is 23.3. The summed E-state index contributed by atoms with van der Waals surface area (Å²) in [4.78, 5) is 133. The Labute approximate surface area is 410 Å². The van der Waals surface area contributed by atoms with E-state index in [0.29, 0.717) is 24.1 Å². The van der Waals surface area contributed by atoms with E-state index >= 15 is 0 Å². The highest BCUT2D eigenvalue weighted by Gasteiger charge is 2.41. The van der Waals surface area contributed by atoms with Crippen LogP contribution in [0.3, 0.4) is 0 Å². The van der Waals surface area contributed by atoms with E-state index in [4.69, 9.17) is 22.3 Å². The second-order valence-corrected chi connectivity index (χ2v) is 17.7. The normalized spacial score (nSPS) is 16.7. The number of aliphatic carboxylic acids is 2. The summed E-state index contributed by atoms with van der Waals surface area (Å²) < 4.78 is 0. The third-order valence-electron chi connectivity index (χ3n) is 11.8. The Kier molecular flexibility index (Phi) is 23.1. The van der Waals surface area contributed by atoms with E-state index in [-0.39, 0.29) is 63.3 Å². The fourth-order valence-electron chi connectivity index (χ4n) is 7.65. The zero-order valence-corrected chi connectivity index (χ0v) is 40.3. The van der Waals surface area contributed by atoms with E-state index in [1.807, 2.05) is 0 Å². The molecule has 0 saturated carbocycles. The largest absolute Gasteiger partial charge is 0.508 e. The summed E-state index contributed by atoms with van der Waals surface area (Å²) in [6.07, 6.45) is 2.51. The smallest absolute Gasteiger partial charge is 0.326 e. The van der Waals surface area contributed by atoms with Gasteiger partial charge in [-0.2, -0.15) is 0 Å². The number of carbonyl (C=O) groups is 9. The van der Waals surface area contributed by atoms with Crippen molar-refractivity contribution in [2.45, 2.75) is 134 Å². The number of phenols is 1. The van der Waals surface area contributed by atoms with Gasteiger partial charge in [0.2, 0.25) is 41.4 Å². The van der Waals surface area contributed by atoms with E-state index in [0.717, 1.165) is 0 Å². The molecule has 1 fully saturated rings. The maximum atomic E-state index is 14.5. The van der Waals surface area contributed by atoms with Crippen LogP contribution in [0.5, 0.6) is 5.75 Å². The molecule has 7 amide bonds. The maximum absolute atomic E-state index is 14.5. The first-order valence-corrected chi connectivity index (χ1v) is 23.3. The van der Waals surface area contributed by atoms with Crippen LogP contribution in [-0.2, 0) is 56.0 Å². The average Bonchev–Trinajstić information content (AvgIpc) is 4.03.